The van der Waals surface area contributed by atoms with Crippen LogP contribution < -0.4 is 0 Å². The van der Waals surface area contributed by atoms with Crippen LogP contribution in [0.25, 0.3) is 0 Å². The summed E-state index contributed by atoms with van der Waals surface area (Å²) in [5.74, 6) is 0.475. The van der Waals surface area contributed by atoms with E-state index in [1.165, 1.54) is 0 Å². The average molecular weight is 128 g/mol. The SMILES string of the molecule is CC1CC(=O)OC(C)C1. The highest BCUT2D eigenvalue weighted by Gasteiger charge is 2.21. The zero-order valence-electron chi connectivity index (χ0n) is 5.89. The molecule has 0 saturated carbocycles. The fraction of sp³-hybridized carbons (Fsp3) is 0.857. The maximum Gasteiger partial charge on any atom is 0.306 e. The smallest absolute Gasteiger partial charge is 0.306 e. The predicted octanol–water partition coefficient (Wildman–Crippen LogP) is 1.35. The molecule has 9 heavy (non-hydrogen) atoms. The molecule has 0 aliphatic carbocycles. The summed E-state index contributed by atoms with van der Waals surface area (Å²) < 4.78 is 4.92. The van der Waals surface area contributed by atoms with E-state index in [0.717, 1.165) is 6.42 Å². The Morgan fingerprint density at radius 2 is 2.22 bits per heavy atom. The number of carbonyl (C=O) groups excluding carboxylic acids is 1. The molecule has 1 rings (SSSR count). The van der Waals surface area contributed by atoms with Gasteiger partial charge in [0, 0.05) is 6.42 Å². The number of hydrogen-bond acceptors (Lipinski definition) is 2. The first-order valence-corrected chi connectivity index (χ1v) is 3.38. The lowest BCUT2D eigenvalue weighted by molar-refractivity contribution is -0.155. The van der Waals surface area contributed by atoms with Gasteiger partial charge >= 0.3 is 5.97 Å². The first-order chi connectivity index (χ1) is 4.18. The highest BCUT2D eigenvalue weighted by atomic mass is 16.5. The van der Waals surface area contributed by atoms with Crippen molar-refractivity contribution in [1.82, 2.24) is 0 Å². The summed E-state index contributed by atoms with van der Waals surface area (Å²) in [6, 6.07) is 0. The number of rotatable bonds is 0. The largest absolute Gasteiger partial charge is 0.463 e. The minimum atomic E-state index is -0.0405. The van der Waals surface area contributed by atoms with E-state index in [1.54, 1.807) is 0 Å². The number of esters is 1. The van der Waals surface area contributed by atoms with Crippen molar-refractivity contribution in [2.24, 2.45) is 5.92 Å². The Morgan fingerprint density at radius 3 is 2.67 bits per heavy atom. The fourth-order valence-electron chi connectivity index (χ4n) is 1.26. The fourth-order valence-corrected chi connectivity index (χ4v) is 1.26. The van der Waals surface area contributed by atoms with Crippen molar-refractivity contribution in [3.8, 4) is 0 Å². The predicted molar refractivity (Wildman–Crippen MR) is 34.0 cm³/mol. The molecule has 2 atom stereocenters. The zero-order chi connectivity index (χ0) is 6.85. The Hall–Kier alpha value is -0.530. The van der Waals surface area contributed by atoms with Gasteiger partial charge in [0.25, 0.3) is 0 Å². The highest BCUT2D eigenvalue weighted by molar-refractivity contribution is 5.70. The molecular formula is C7H12O2. The van der Waals surface area contributed by atoms with Crippen LogP contribution in [0.2, 0.25) is 0 Å². The van der Waals surface area contributed by atoms with Crippen molar-refractivity contribution >= 4 is 5.97 Å². The van der Waals surface area contributed by atoms with Gasteiger partial charge in [0.05, 0.1) is 6.10 Å². The molecule has 2 heteroatoms. The Labute approximate surface area is 55.2 Å². The van der Waals surface area contributed by atoms with Crippen LogP contribution in [-0.2, 0) is 9.53 Å². The molecule has 2 unspecified atom stereocenters. The molecule has 0 radical (unpaired) electrons. The first-order valence-electron chi connectivity index (χ1n) is 3.38. The molecule has 0 N–H and O–H groups in total. The second-order valence-electron chi connectivity index (χ2n) is 2.85. The van der Waals surface area contributed by atoms with E-state index in [4.69, 9.17) is 4.74 Å². The Bertz CT molecular complexity index is 108. The van der Waals surface area contributed by atoms with Crippen LogP contribution in [0, 0.1) is 5.92 Å². The minimum absolute atomic E-state index is 0.0405. The van der Waals surface area contributed by atoms with Crippen LogP contribution in [0.1, 0.15) is 26.7 Å². The van der Waals surface area contributed by atoms with Gasteiger partial charge in [0.15, 0.2) is 0 Å². The molecule has 0 aromatic carbocycles. The Kier molecular flexibility index (Phi) is 1.74. The summed E-state index contributed by atoms with van der Waals surface area (Å²) >= 11 is 0. The molecule has 0 aromatic rings. The zero-order valence-corrected chi connectivity index (χ0v) is 5.89. The van der Waals surface area contributed by atoms with Gasteiger partial charge in [-0.1, -0.05) is 6.92 Å². The minimum Gasteiger partial charge on any atom is -0.463 e. The van der Waals surface area contributed by atoms with Gasteiger partial charge in [-0.2, -0.15) is 0 Å². The number of carbonyl (C=O) groups is 1. The molecule has 1 aliphatic rings. The monoisotopic (exact) mass is 128 g/mol. The molecule has 1 fully saturated rings. The van der Waals surface area contributed by atoms with Crippen LogP contribution in [0.5, 0.6) is 0 Å². The van der Waals surface area contributed by atoms with Crippen molar-refractivity contribution in [3.05, 3.63) is 0 Å². The summed E-state index contributed by atoms with van der Waals surface area (Å²) in [6.45, 7) is 4.02. The molecule has 2 nitrogen and oxygen atoms in total. The third-order valence-electron chi connectivity index (χ3n) is 1.58. The standard InChI is InChI=1S/C7H12O2/c1-5-3-6(2)9-7(8)4-5/h5-6H,3-4H2,1-2H3. The molecule has 52 valence electrons. The summed E-state index contributed by atoms with van der Waals surface area (Å²) in [7, 11) is 0. The van der Waals surface area contributed by atoms with E-state index in [9.17, 15) is 4.79 Å². The van der Waals surface area contributed by atoms with Gasteiger partial charge in [-0.05, 0) is 19.3 Å². The van der Waals surface area contributed by atoms with Crippen molar-refractivity contribution in [2.45, 2.75) is 32.8 Å². The third kappa shape index (κ3) is 1.70. The van der Waals surface area contributed by atoms with Crippen LogP contribution in [0.3, 0.4) is 0 Å². The van der Waals surface area contributed by atoms with E-state index in [2.05, 4.69) is 6.92 Å². The molecule has 1 aliphatic heterocycles. The maximum atomic E-state index is 10.7. The Balaban J connectivity index is 2.43. The van der Waals surface area contributed by atoms with Gasteiger partial charge in [-0.25, -0.2) is 0 Å². The lowest BCUT2D eigenvalue weighted by Gasteiger charge is -2.23. The van der Waals surface area contributed by atoms with Crippen molar-refractivity contribution in [2.75, 3.05) is 0 Å². The lowest BCUT2D eigenvalue weighted by atomic mass is 9.98. The van der Waals surface area contributed by atoms with E-state index in [0.29, 0.717) is 12.3 Å². The van der Waals surface area contributed by atoms with Crippen molar-refractivity contribution in [1.29, 1.82) is 0 Å². The topological polar surface area (TPSA) is 26.3 Å². The summed E-state index contributed by atoms with van der Waals surface area (Å²) in [6.07, 6.45) is 1.76. The van der Waals surface area contributed by atoms with Gasteiger partial charge in [0.1, 0.15) is 0 Å². The molecule has 0 amide bonds. The molecule has 1 heterocycles. The van der Waals surface area contributed by atoms with Crippen LogP contribution in [-0.4, -0.2) is 12.1 Å². The molecule has 0 aromatic heterocycles. The lowest BCUT2D eigenvalue weighted by Crippen LogP contribution is -2.25. The van der Waals surface area contributed by atoms with Crippen molar-refractivity contribution < 1.29 is 9.53 Å². The molecule has 0 spiro atoms. The summed E-state index contributed by atoms with van der Waals surface area (Å²) in [4.78, 5) is 10.7. The maximum absolute atomic E-state index is 10.7. The van der Waals surface area contributed by atoms with Gasteiger partial charge in [-0.15, -0.1) is 0 Å². The number of cyclic esters (lactones) is 1. The van der Waals surface area contributed by atoms with Gasteiger partial charge in [-0.3, -0.25) is 4.79 Å². The number of hydrogen-bond donors (Lipinski definition) is 0. The van der Waals surface area contributed by atoms with E-state index in [1.807, 2.05) is 6.92 Å². The van der Waals surface area contributed by atoms with E-state index >= 15 is 0 Å². The van der Waals surface area contributed by atoms with Crippen molar-refractivity contribution in [3.63, 3.8) is 0 Å². The van der Waals surface area contributed by atoms with Crippen LogP contribution >= 0.6 is 0 Å². The molecule has 0 bridgehead atoms. The second-order valence-corrected chi connectivity index (χ2v) is 2.85. The molecular weight excluding hydrogens is 116 g/mol. The number of ether oxygens (including phenoxy) is 1. The van der Waals surface area contributed by atoms with Crippen LogP contribution in [0.4, 0.5) is 0 Å². The van der Waals surface area contributed by atoms with Gasteiger partial charge < -0.3 is 4.74 Å². The first kappa shape index (κ1) is 6.59. The van der Waals surface area contributed by atoms with E-state index < -0.39 is 0 Å². The quantitative estimate of drug-likeness (QED) is 0.460. The summed E-state index contributed by atoms with van der Waals surface area (Å²) in [5.41, 5.74) is 0. The third-order valence-corrected chi connectivity index (χ3v) is 1.58. The molecule has 1 saturated heterocycles. The van der Waals surface area contributed by atoms with E-state index in [-0.39, 0.29) is 12.1 Å². The normalized spacial score (nSPS) is 36.0. The summed E-state index contributed by atoms with van der Waals surface area (Å²) in [5, 5.41) is 0. The second kappa shape index (κ2) is 2.38. The average Bonchev–Trinajstić information content (AvgIpc) is 1.59. The van der Waals surface area contributed by atoms with Gasteiger partial charge in [0.2, 0.25) is 0 Å². The highest BCUT2D eigenvalue weighted by Crippen LogP contribution is 2.19. The Morgan fingerprint density at radius 1 is 1.56 bits per heavy atom. The van der Waals surface area contributed by atoms with Crippen LogP contribution in [0.15, 0.2) is 0 Å².